The van der Waals surface area contributed by atoms with Crippen LogP contribution in [0.25, 0.3) is 10.9 Å². The molecule has 0 saturated carbocycles. The Kier molecular flexibility index (Phi) is 7.92. The molecule has 0 aliphatic carbocycles. The number of nitrogens with zero attached hydrogens (tertiary/aromatic N) is 3. The van der Waals surface area contributed by atoms with Crippen LogP contribution in [0.15, 0.2) is 16.7 Å². The molecule has 1 saturated heterocycles. The maximum atomic E-state index is 14.4. The summed E-state index contributed by atoms with van der Waals surface area (Å²) in [6.45, 7) is 8.31. The highest BCUT2D eigenvalue weighted by atomic mass is 79.9. The average molecular weight is 561 g/mol. The fourth-order valence-corrected chi connectivity index (χ4v) is 5.06. The van der Waals surface area contributed by atoms with E-state index in [0.29, 0.717) is 22.3 Å². The van der Waals surface area contributed by atoms with Crippen LogP contribution < -0.4 is 0 Å². The Hall–Kier alpha value is -2.20. The van der Waals surface area contributed by atoms with Crippen molar-refractivity contribution in [2.24, 2.45) is 0 Å². The summed E-state index contributed by atoms with van der Waals surface area (Å²) in [6, 6.07) is -1.00. The zero-order chi connectivity index (χ0) is 25.4. The van der Waals surface area contributed by atoms with Gasteiger partial charge in [-0.15, -0.1) is 0 Å². The van der Waals surface area contributed by atoms with Gasteiger partial charge in [-0.3, -0.25) is 9.69 Å². The number of fused-ring (bicyclic) bond motifs is 1. The number of carbonyl (C=O) groups excluding carboxylic acids is 3. The number of aryl methyl sites for hydroxylation is 1. The molecule has 1 aromatic heterocycles. The predicted octanol–water partition coefficient (Wildman–Crippen LogP) is 5.04. The van der Waals surface area contributed by atoms with E-state index in [1.165, 1.54) is 10.9 Å². The molecule has 1 fully saturated rings. The van der Waals surface area contributed by atoms with E-state index < -0.39 is 41.7 Å². The van der Waals surface area contributed by atoms with Crippen molar-refractivity contribution >= 4 is 56.3 Å². The van der Waals surface area contributed by atoms with Crippen LogP contribution in [0, 0.1) is 0 Å². The van der Waals surface area contributed by atoms with Crippen molar-refractivity contribution in [3.63, 3.8) is 0 Å². The SMILES string of the molecule is CCOC(=O)[C@@H](C(=O)[C@@H]1C[C@@H](F)CN1C(=O)OC(C)(C)C)n1cc2c(Cl)cc(Br)c(CC)c2n1. The highest BCUT2D eigenvalue weighted by Gasteiger charge is 2.46. The third kappa shape index (κ3) is 5.38. The molecule has 1 aliphatic heterocycles. The summed E-state index contributed by atoms with van der Waals surface area (Å²) in [4.78, 5) is 40.3. The Bertz CT molecular complexity index is 1120. The van der Waals surface area contributed by atoms with Gasteiger partial charge in [0, 0.05) is 22.5 Å². The van der Waals surface area contributed by atoms with Gasteiger partial charge < -0.3 is 9.47 Å². The monoisotopic (exact) mass is 559 g/mol. The number of hydrogen-bond donors (Lipinski definition) is 0. The van der Waals surface area contributed by atoms with Crippen LogP contribution in [0.3, 0.4) is 0 Å². The van der Waals surface area contributed by atoms with Crippen LogP contribution in [-0.2, 0) is 25.5 Å². The molecule has 11 heteroatoms. The summed E-state index contributed by atoms with van der Waals surface area (Å²) in [5.41, 5.74) is 0.552. The number of alkyl halides is 1. The summed E-state index contributed by atoms with van der Waals surface area (Å²) < 4.78 is 26.9. The lowest BCUT2D eigenvalue weighted by molar-refractivity contribution is -0.152. The molecular formula is C23H28BrClFN3O5. The summed E-state index contributed by atoms with van der Waals surface area (Å²) >= 11 is 9.87. The van der Waals surface area contributed by atoms with Crippen molar-refractivity contribution < 1.29 is 28.2 Å². The highest BCUT2D eigenvalue weighted by Crippen LogP contribution is 2.34. The second-order valence-electron chi connectivity index (χ2n) is 9.08. The predicted molar refractivity (Wildman–Crippen MR) is 129 cm³/mol. The molecule has 34 heavy (non-hydrogen) atoms. The molecular weight excluding hydrogens is 533 g/mol. The molecule has 1 amide bonds. The third-order valence-corrected chi connectivity index (χ3v) is 6.44. The molecule has 2 aromatic rings. The number of carbonyl (C=O) groups is 3. The number of rotatable bonds is 6. The van der Waals surface area contributed by atoms with Crippen molar-refractivity contribution in [2.45, 2.75) is 71.3 Å². The van der Waals surface area contributed by atoms with Gasteiger partial charge in [0.05, 0.1) is 29.7 Å². The van der Waals surface area contributed by atoms with Crippen molar-refractivity contribution in [1.82, 2.24) is 14.7 Å². The van der Waals surface area contributed by atoms with Crippen molar-refractivity contribution in [1.29, 1.82) is 0 Å². The number of ether oxygens (including phenoxy) is 2. The van der Waals surface area contributed by atoms with Crippen molar-refractivity contribution in [3.05, 3.63) is 27.3 Å². The molecule has 186 valence electrons. The first-order valence-corrected chi connectivity index (χ1v) is 12.2. The number of halogens is 3. The lowest BCUT2D eigenvalue weighted by atomic mass is 10.0. The number of esters is 1. The van der Waals surface area contributed by atoms with Crippen molar-refractivity contribution in [2.75, 3.05) is 13.2 Å². The van der Waals surface area contributed by atoms with Crippen LogP contribution in [0.5, 0.6) is 0 Å². The topological polar surface area (TPSA) is 90.7 Å². The van der Waals surface area contributed by atoms with E-state index in [1.54, 1.807) is 33.8 Å². The fourth-order valence-electron chi connectivity index (χ4n) is 3.98. The number of benzene rings is 1. The molecule has 0 N–H and O–H groups in total. The molecule has 1 aliphatic rings. The summed E-state index contributed by atoms with van der Waals surface area (Å²) in [6.07, 6.45) is -0.372. The van der Waals surface area contributed by atoms with Gasteiger partial charge in [0.2, 0.25) is 6.04 Å². The number of amides is 1. The molecule has 0 spiro atoms. The molecule has 2 heterocycles. The summed E-state index contributed by atoms with van der Waals surface area (Å²) in [5.74, 6) is -1.55. The van der Waals surface area contributed by atoms with E-state index in [-0.39, 0.29) is 19.6 Å². The minimum Gasteiger partial charge on any atom is -0.464 e. The number of ketones is 1. The lowest BCUT2D eigenvalue weighted by Gasteiger charge is -2.29. The summed E-state index contributed by atoms with van der Waals surface area (Å²) in [7, 11) is 0. The van der Waals surface area contributed by atoms with Gasteiger partial charge in [0.1, 0.15) is 11.8 Å². The maximum absolute atomic E-state index is 14.4. The standard InChI is InChI=1S/C23H28BrClFN3O5/c1-6-13-15(24)9-16(25)14-11-29(27-18(13)14)19(21(31)33-7-2)20(30)17-8-12(26)10-28(17)22(32)34-23(3,4)5/h9,11-12,17,19H,6-8,10H2,1-5H3/t12-,17+,19-/m1/s1. The largest absolute Gasteiger partial charge is 0.464 e. The Morgan fingerprint density at radius 1 is 1.32 bits per heavy atom. The number of hydrogen-bond acceptors (Lipinski definition) is 6. The van der Waals surface area contributed by atoms with E-state index in [9.17, 15) is 18.8 Å². The van der Waals surface area contributed by atoms with Crippen molar-refractivity contribution in [3.8, 4) is 0 Å². The molecule has 0 bridgehead atoms. The van der Waals surface area contributed by atoms with E-state index in [0.717, 1.165) is 14.9 Å². The Labute approximate surface area is 210 Å². The van der Waals surface area contributed by atoms with E-state index in [1.807, 2.05) is 6.92 Å². The van der Waals surface area contributed by atoms with Gasteiger partial charge in [-0.25, -0.2) is 18.7 Å². The number of Topliss-reactive ketones (excluding diaryl/α,β-unsaturated/α-hetero) is 1. The summed E-state index contributed by atoms with van der Waals surface area (Å²) in [5, 5.41) is 5.45. The van der Waals surface area contributed by atoms with Gasteiger partial charge in [0.25, 0.3) is 0 Å². The van der Waals surface area contributed by atoms with Gasteiger partial charge in [-0.2, -0.15) is 5.10 Å². The molecule has 3 rings (SSSR count). The quantitative estimate of drug-likeness (QED) is 0.363. The molecule has 0 unspecified atom stereocenters. The van der Waals surface area contributed by atoms with E-state index in [4.69, 9.17) is 21.1 Å². The normalized spacial score (nSPS) is 19.4. The van der Waals surface area contributed by atoms with Gasteiger partial charge in [-0.1, -0.05) is 34.5 Å². The van der Waals surface area contributed by atoms with E-state index in [2.05, 4.69) is 21.0 Å². The zero-order valence-electron chi connectivity index (χ0n) is 19.7. The Morgan fingerprint density at radius 2 is 2.00 bits per heavy atom. The molecule has 1 aromatic carbocycles. The zero-order valence-corrected chi connectivity index (χ0v) is 22.1. The maximum Gasteiger partial charge on any atom is 0.411 e. The first kappa shape index (κ1) is 26.4. The number of likely N-dealkylation sites (tertiary alicyclic amines) is 1. The van der Waals surface area contributed by atoms with E-state index >= 15 is 0 Å². The average Bonchev–Trinajstić information content (AvgIpc) is 3.32. The van der Waals surface area contributed by atoms with Gasteiger partial charge >= 0.3 is 12.1 Å². The third-order valence-electron chi connectivity index (χ3n) is 5.42. The Balaban J connectivity index is 2.06. The van der Waals surface area contributed by atoms with Crippen LogP contribution in [-0.4, -0.2) is 63.5 Å². The van der Waals surface area contributed by atoms with Gasteiger partial charge in [-0.05, 0) is 45.7 Å². The smallest absolute Gasteiger partial charge is 0.411 e. The lowest BCUT2D eigenvalue weighted by Crippen LogP contribution is -2.47. The second-order valence-corrected chi connectivity index (χ2v) is 10.3. The van der Waals surface area contributed by atoms with Crippen LogP contribution in [0.2, 0.25) is 5.02 Å². The van der Waals surface area contributed by atoms with Crippen LogP contribution in [0.4, 0.5) is 9.18 Å². The fraction of sp³-hybridized carbons (Fsp3) is 0.565. The Morgan fingerprint density at radius 3 is 2.59 bits per heavy atom. The van der Waals surface area contributed by atoms with Crippen LogP contribution >= 0.6 is 27.5 Å². The minimum absolute atomic E-state index is 0.0299. The molecule has 0 radical (unpaired) electrons. The molecule has 3 atom stereocenters. The first-order chi connectivity index (χ1) is 15.9. The second kappa shape index (κ2) is 10.2. The first-order valence-electron chi connectivity index (χ1n) is 11.1. The van der Waals surface area contributed by atoms with Crippen LogP contribution in [0.1, 0.15) is 52.6 Å². The highest BCUT2D eigenvalue weighted by molar-refractivity contribution is 9.10. The minimum atomic E-state index is -1.52. The van der Waals surface area contributed by atoms with Gasteiger partial charge in [0.15, 0.2) is 5.78 Å². The number of aromatic nitrogens is 2. The molecule has 8 nitrogen and oxygen atoms in total.